The van der Waals surface area contributed by atoms with Crippen molar-refractivity contribution in [2.24, 2.45) is 0 Å². The maximum atomic E-state index is 13.0. The number of hydrogen-bond acceptors (Lipinski definition) is 2. The number of rotatable bonds is 2. The van der Waals surface area contributed by atoms with Crippen LogP contribution in [0, 0.1) is 5.82 Å². The molecule has 82 valence electrons. The predicted molar refractivity (Wildman–Crippen MR) is 58.5 cm³/mol. The first-order chi connectivity index (χ1) is 7.19. The summed E-state index contributed by atoms with van der Waals surface area (Å²) in [6, 6.07) is 4.78. The zero-order valence-electron chi connectivity index (χ0n) is 8.89. The zero-order valence-corrected chi connectivity index (χ0v) is 8.89. The van der Waals surface area contributed by atoms with Gasteiger partial charge in [0.15, 0.2) is 0 Å². The second-order valence-electron chi connectivity index (χ2n) is 4.22. The topological polar surface area (TPSA) is 32.3 Å². The Morgan fingerprint density at radius 3 is 3.00 bits per heavy atom. The number of aliphatic hydroxyl groups is 1. The molecule has 0 amide bonds. The van der Waals surface area contributed by atoms with Gasteiger partial charge in [0.05, 0.1) is 12.1 Å². The highest BCUT2D eigenvalue weighted by Crippen LogP contribution is 2.32. The van der Waals surface area contributed by atoms with Crippen molar-refractivity contribution in [2.75, 3.05) is 11.9 Å². The van der Waals surface area contributed by atoms with E-state index in [1.807, 2.05) is 0 Å². The van der Waals surface area contributed by atoms with E-state index in [9.17, 15) is 9.50 Å². The molecule has 1 unspecified atom stereocenters. The molecule has 1 heterocycles. The van der Waals surface area contributed by atoms with E-state index in [1.54, 1.807) is 12.1 Å². The fourth-order valence-electron chi connectivity index (χ4n) is 2.11. The number of fused-ring (bicyclic) bond motifs is 1. The van der Waals surface area contributed by atoms with Crippen molar-refractivity contribution in [2.45, 2.75) is 31.7 Å². The molecule has 2 nitrogen and oxygen atoms in total. The normalized spacial score (nSPS) is 24.5. The molecule has 0 fully saturated rings. The summed E-state index contributed by atoms with van der Waals surface area (Å²) in [5, 5.41) is 12.7. The fraction of sp³-hybridized carbons (Fsp3) is 0.500. The summed E-state index contributed by atoms with van der Waals surface area (Å²) < 4.78 is 13.0. The Balaban J connectivity index is 2.30. The van der Waals surface area contributed by atoms with E-state index in [0.29, 0.717) is 0 Å². The van der Waals surface area contributed by atoms with Crippen LogP contribution in [-0.4, -0.2) is 17.3 Å². The second-order valence-corrected chi connectivity index (χ2v) is 4.22. The highest BCUT2D eigenvalue weighted by atomic mass is 19.1. The van der Waals surface area contributed by atoms with Crippen molar-refractivity contribution in [3.05, 3.63) is 29.6 Å². The number of benzene rings is 1. The maximum absolute atomic E-state index is 13.0. The Morgan fingerprint density at radius 2 is 2.33 bits per heavy atom. The highest BCUT2D eigenvalue weighted by Gasteiger charge is 2.31. The third-order valence-electron chi connectivity index (χ3n) is 3.32. The SMILES string of the molecule is CCC1(CO)CCc2cc(F)ccc2N1. The summed E-state index contributed by atoms with van der Waals surface area (Å²) in [6.45, 7) is 2.18. The van der Waals surface area contributed by atoms with Gasteiger partial charge in [-0.05, 0) is 43.0 Å². The second kappa shape index (κ2) is 3.81. The number of aliphatic hydroxyl groups excluding tert-OH is 1. The van der Waals surface area contributed by atoms with Gasteiger partial charge in [0.1, 0.15) is 5.82 Å². The third kappa shape index (κ3) is 1.84. The quantitative estimate of drug-likeness (QED) is 0.783. The Labute approximate surface area is 89.1 Å². The summed E-state index contributed by atoms with van der Waals surface area (Å²) in [5.74, 6) is -0.191. The molecule has 1 aromatic carbocycles. The van der Waals surface area contributed by atoms with E-state index in [1.165, 1.54) is 6.07 Å². The molecule has 0 bridgehead atoms. The van der Waals surface area contributed by atoms with Crippen LogP contribution in [0.1, 0.15) is 25.3 Å². The van der Waals surface area contributed by atoms with Crippen molar-refractivity contribution in [1.29, 1.82) is 0 Å². The molecule has 0 aromatic heterocycles. The Kier molecular flexibility index (Phi) is 2.65. The summed E-state index contributed by atoms with van der Waals surface area (Å²) in [4.78, 5) is 0. The number of anilines is 1. The molecule has 0 spiro atoms. The van der Waals surface area contributed by atoms with Gasteiger partial charge in [-0.2, -0.15) is 0 Å². The summed E-state index contributed by atoms with van der Waals surface area (Å²) >= 11 is 0. The van der Waals surface area contributed by atoms with Gasteiger partial charge in [0.25, 0.3) is 0 Å². The van der Waals surface area contributed by atoms with Gasteiger partial charge in [0, 0.05) is 5.69 Å². The van der Waals surface area contributed by atoms with E-state index in [4.69, 9.17) is 0 Å². The molecule has 1 aliphatic rings. The minimum absolute atomic E-state index is 0.125. The third-order valence-corrected chi connectivity index (χ3v) is 3.32. The smallest absolute Gasteiger partial charge is 0.123 e. The van der Waals surface area contributed by atoms with E-state index in [-0.39, 0.29) is 18.0 Å². The van der Waals surface area contributed by atoms with Crippen LogP contribution >= 0.6 is 0 Å². The minimum Gasteiger partial charge on any atom is -0.394 e. The van der Waals surface area contributed by atoms with Gasteiger partial charge in [0.2, 0.25) is 0 Å². The van der Waals surface area contributed by atoms with Crippen LogP contribution in [0.2, 0.25) is 0 Å². The van der Waals surface area contributed by atoms with Gasteiger partial charge in [-0.1, -0.05) is 6.92 Å². The van der Waals surface area contributed by atoms with E-state index < -0.39 is 0 Å². The summed E-state index contributed by atoms with van der Waals surface area (Å²) in [7, 11) is 0. The monoisotopic (exact) mass is 209 g/mol. The first-order valence-electron chi connectivity index (χ1n) is 5.36. The molecule has 0 radical (unpaired) electrons. The number of halogens is 1. The molecule has 3 heteroatoms. The average Bonchev–Trinajstić information content (AvgIpc) is 2.28. The van der Waals surface area contributed by atoms with Crippen molar-refractivity contribution >= 4 is 5.69 Å². The molecule has 1 aliphatic heterocycles. The number of aryl methyl sites for hydroxylation is 1. The van der Waals surface area contributed by atoms with Gasteiger partial charge >= 0.3 is 0 Å². The lowest BCUT2D eigenvalue weighted by atomic mass is 9.85. The van der Waals surface area contributed by atoms with Crippen molar-refractivity contribution in [1.82, 2.24) is 0 Å². The van der Waals surface area contributed by atoms with Crippen molar-refractivity contribution < 1.29 is 9.50 Å². The van der Waals surface area contributed by atoms with Crippen molar-refractivity contribution in [3.8, 4) is 0 Å². The van der Waals surface area contributed by atoms with Gasteiger partial charge < -0.3 is 10.4 Å². The molecule has 0 aliphatic carbocycles. The van der Waals surface area contributed by atoms with Crippen LogP contribution in [0.5, 0.6) is 0 Å². The molecule has 2 rings (SSSR count). The van der Waals surface area contributed by atoms with Gasteiger partial charge in [-0.25, -0.2) is 4.39 Å². The van der Waals surface area contributed by atoms with E-state index >= 15 is 0 Å². The fourth-order valence-corrected chi connectivity index (χ4v) is 2.11. The van der Waals surface area contributed by atoms with Crippen LogP contribution in [0.25, 0.3) is 0 Å². The van der Waals surface area contributed by atoms with Gasteiger partial charge in [-0.3, -0.25) is 0 Å². The van der Waals surface area contributed by atoms with Crippen LogP contribution < -0.4 is 5.32 Å². The van der Waals surface area contributed by atoms with E-state index in [2.05, 4.69) is 12.2 Å². The van der Waals surface area contributed by atoms with E-state index in [0.717, 1.165) is 30.5 Å². The molecule has 0 saturated carbocycles. The Bertz CT molecular complexity index is 361. The lowest BCUT2D eigenvalue weighted by molar-refractivity contribution is 0.195. The Hall–Kier alpha value is -1.09. The Morgan fingerprint density at radius 1 is 1.53 bits per heavy atom. The van der Waals surface area contributed by atoms with Crippen LogP contribution in [-0.2, 0) is 6.42 Å². The van der Waals surface area contributed by atoms with Crippen molar-refractivity contribution in [3.63, 3.8) is 0 Å². The molecule has 2 N–H and O–H groups in total. The zero-order chi connectivity index (χ0) is 10.9. The molecule has 0 saturated heterocycles. The molecular weight excluding hydrogens is 193 g/mol. The van der Waals surface area contributed by atoms with Crippen LogP contribution in [0.4, 0.5) is 10.1 Å². The highest BCUT2D eigenvalue weighted by molar-refractivity contribution is 5.55. The molecule has 1 aromatic rings. The molecule has 15 heavy (non-hydrogen) atoms. The lowest BCUT2D eigenvalue weighted by Crippen LogP contribution is -2.44. The predicted octanol–water partition coefficient (Wildman–Crippen LogP) is 2.32. The summed E-state index contributed by atoms with van der Waals surface area (Å²) in [5.41, 5.74) is 1.75. The average molecular weight is 209 g/mol. The number of nitrogens with one attached hydrogen (secondary N) is 1. The first-order valence-corrected chi connectivity index (χ1v) is 5.36. The largest absolute Gasteiger partial charge is 0.394 e. The maximum Gasteiger partial charge on any atom is 0.123 e. The number of hydrogen-bond donors (Lipinski definition) is 2. The van der Waals surface area contributed by atoms with Crippen LogP contribution in [0.3, 0.4) is 0 Å². The first kappa shape index (κ1) is 10.4. The standard InChI is InChI=1S/C12H16FNO/c1-2-12(8-15)6-5-9-7-10(13)3-4-11(9)14-12/h3-4,7,14-15H,2,5-6,8H2,1H3. The summed E-state index contributed by atoms with van der Waals surface area (Å²) in [6.07, 6.45) is 2.56. The minimum atomic E-state index is -0.217. The van der Waals surface area contributed by atoms with Crippen LogP contribution in [0.15, 0.2) is 18.2 Å². The van der Waals surface area contributed by atoms with Gasteiger partial charge in [-0.15, -0.1) is 0 Å². The molecular formula is C12H16FNO. The lowest BCUT2D eigenvalue weighted by Gasteiger charge is -2.38. The molecule has 1 atom stereocenters.